The Bertz CT molecular complexity index is 183. The molecule has 0 saturated heterocycles. The normalized spacial score (nSPS) is 11.2. The molecule has 0 unspecified atom stereocenters. The van der Waals surface area contributed by atoms with Crippen LogP contribution in [0.3, 0.4) is 0 Å². The second-order valence-corrected chi connectivity index (χ2v) is 6.16. The first-order valence-corrected chi connectivity index (χ1v) is 9.85. The molecule has 0 saturated carbocycles. The zero-order valence-electron chi connectivity index (χ0n) is 15.5. The molecule has 4 nitrogen and oxygen atoms in total. The molecule has 0 aliphatic rings. The molecule has 0 bridgehead atoms. The number of hydrogen-bond donors (Lipinski definition) is 1. The molecule has 0 atom stereocenters. The third-order valence-electron chi connectivity index (χ3n) is 3.90. The third kappa shape index (κ3) is 21.8. The minimum absolute atomic E-state index is 0.571. The first kappa shape index (κ1) is 22.8. The maximum absolute atomic E-state index is 5.56. The molecule has 0 fully saturated rings. The Morgan fingerprint density at radius 2 is 0.870 bits per heavy atom. The van der Waals surface area contributed by atoms with Crippen molar-refractivity contribution >= 4 is 0 Å². The lowest BCUT2D eigenvalue weighted by Gasteiger charge is -2.06. The van der Waals surface area contributed by atoms with Crippen molar-refractivity contribution < 1.29 is 14.2 Å². The maximum atomic E-state index is 5.56. The van der Waals surface area contributed by atoms with E-state index >= 15 is 0 Å². The summed E-state index contributed by atoms with van der Waals surface area (Å²) in [4.78, 5) is 0. The molecule has 140 valence electrons. The van der Waals surface area contributed by atoms with E-state index in [-0.39, 0.29) is 0 Å². The monoisotopic (exact) mass is 331 g/mol. The van der Waals surface area contributed by atoms with E-state index in [0.717, 1.165) is 6.61 Å². The summed E-state index contributed by atoms with van der Waals surface area (Å²) < 4.78 is 16.2. The largest absolute Gasteiger partial charge is 0.379 e. The van der Waals surface area contributed by atoms with Crippen LogP contribution in [0.1, 0.15) is 77.6 Å². The summed E-state index contributed by atoms with van der Waals surface area (Å²) in [7, 11) is 0. The van der Waals surface area contributed by atoms with Gasteiger partial charge in [-0.2, -0.15) is 0 Å². The molecule has 0 amide bonds. The predicted molar refractivity (Wildman–Crippen MR) is 98.0 cm³/mol. The standard InChI is InChI=1S/C19H41NO3/c1-2-3-4-5-6-7-8-9-10-11-12-14-21-16-18-23-19-17-22-15-13-20/h2-20H2,1H3. The lowest BCUT2D eigenvalue weighted by atomic mass is 10.1. The molecular formula is C19H41NO3. The highest BCUT2D eigenvalue weighted by atomic mass is 16.5. The molecular weight excluding hydrogens is 290 g/mol. The van der Waals surface area contributed by atoms with E-state index in [0.29, 0.717) is 39.6 Å². The van der Waals surface area contributed by atoms with Crippen LogP contribution in [-0.2, 0) is 14.2 Å². The minimum atomic E-state index is 0.571. The molecule has 0 aliphatic carbocycles. The number of hydrogen-bond acceptors (Lipinski definition) is 4. The fraction of sp³-hybridized carbons (Fsp3) is 1.00. The van der Waals surface area contributed by atoms with Gasteiger partial charge in [0, 0.05) is 13.2 Å². The fourth-order valence-electron chi connectivity index (χ4n) is 2.49. The third-order valence-corrected chi connectivity index (χ3v) is 3.90. The van der Waals surface area contributed by atoms with E-state index < -0.39 is 0 Å². The molecule has 0 heterocycles. The quantitative estimate of drug-likeness (QED) is 0.338. The highest BCUT2D eigenvalue weighted by Gasteiger charge is 1.94. The molecule has 23 heavy (non-hydrogen) atoms. The van der Waals surface area contributed by atoms with Gasteiger partial charge in [0.15, 0.2) is 0 Å². The van der Waals surface area contributed by atoms with Crippen LogP contribution in [0.5, 0.6) is 0 Å². The molecule has 0 rings (SSSR count). The number of ether oxygens (including phenoxy) is 3. The predicted octanol–water partition coefficient (Wildman–Crippen LogP) is 4.31. The van der Waals surface area contributed by atoms with Gasteiger partial charge in [-0.15, -0.1) is 0 Å². The van der Waals surface area contributed by atoms with Gasteiger partial charge in [-0.1, -0.05) is 71.1 Å². The van der Waals surface area contributed by atoms with Crippen molar-refractivity contribution in [1.82, 2.24) is 0 Å². The Morgan fingerprint density at radius 1 is 0.478 bits per heavy atom. The van der Waals surface area contributed by atoms with Crippen LogP contribution in [0.4, 0.5) is 0 Å². The maximum Gasteiger partial charge on any atom is 0.0701 e. The van der Waals surface area contributed by atoms with Crippen molar-refractivity contribution in [2.24, 2.45) is 5.73 Å². The van der Waals surface area contributed by atoms with Gasteiger partial charge in [0.2, 0.25) is 0 Å². The Kier molecular flexibility index (Phi) is 21.7. The van der Waals surface area contributed by atoms with Crippen molar-refractivity contribution in [2.45, 2.75) is 77.6 Å². The van der Waals surface area contributed by atoms with Crippen LogP contribution >= 0.6 is 0 Å². The number of rotatable bonds is 20. The molecule has 0 aromatic rings. The van der Waals surface area contributed by atoms with Crippen LogP contribution in [0.2, 0.25) is 0 Å². The average molecular weight is 332 g/mol. The van der Waals surface area contributed by atoms with Gasteiger partial charge in [0.05, 0.1) is 33.0 Å². The van der Waals surface area contributed by atoms with Crippen LogP contribution in [0.15, 0.2) is 0 Å². The minimum Gasteiger partial charge on any atom is -0.379 e. The van der Waals surface area contributed by atoms with E-state index in [1.54, 1.807) is 0 Å². The van der Waals surface area contributed by atoms with Crippen LogP contribution < -0.4 is 5.73 Å². The number of nitrogens with two attached hydrogens (primary N) is 1. The highest BCUT2D eigenvalue weighted by Crippen LogP contribution is 2.11. The Hall–Kier alpha value is -0.160. The fourth-order valence-corrected chi connectivity index (χ4v) is 2.49. The highest BCUT2D eigenvalue weighted by molar-refractivity contribution is 4.48. The molecule has 2 N–H and O–H groups in total. The Morgan fingerprint density at radius 3 is 1.35 bits per heavy atom. The molecule has 0 aliphatic heterocycles. The molecule has 0 radical (unpaired) electrons. The smallest absolute Gasteiger partial charge is 0.0701 e. The van der Waals surface area contributed by atoms with Crippen molar-refractivity contribution in [3.63, 3.8) is 0 Å². The van der Waals surface area contributed by atoms with Crippen LogP contribution in [-0.4, -0.2) is 46.2 Å². The second kappa shape index (κ2) is 21.8. The average Bonchev–Trinajstić information content (AvgIpc) is 2.57. The summed E-state index contributed by atoms with van der Waals surface area (Å²) in [5, 5.41) is 0. The summed E-state index contributed by atoms with van der Waals surface area (Å²) in [6.45, 7) is 6.91. The van der Waals surface area contributed by atoms with E-state index in [4.69, 9.17) is 19.9 Å². The summed E-state index contributed by atoms with van der Waals surface area (Å²) in [5.41, 5.74) is 5.32. The van der Waals surface area contributed by atoms with Gasteiger partial charge >= 0.3 is 0 Å². The van der Waals surface area contributed by atoms with Gasteiger partial charge in [0.25, 0.3) is 0 Å². The van der Waals surface area contributed by atoms with Crippen LogP contribution in [0.25, 0.3) is 0 Å². The van der Waals surface area contributed by atoms with Crippen molar-refractivity contribution in [2.75, 3.05) is 46.2 Å². The van der Waals surface area contributed by atoms with E-state index in [2.05, 4.69) is 6.92 Å². The van der Waals surface area contributed by atoms with Crippen molar-refractivity contribution in [1.29, 1.82) is 0 Å². The van der Waals surface area contributed by atoms with Gasteiger partial charge in [-0.25, -0.2) is 0 Å². The molecule has 0 aromatic carbocycles. The summed E-state index contributed by atoms with van der Waals surface area (Å²) in [5.74, 6) is 0. The van der Waals surface area contributed by atoms with Crippen LogP contribution in [0, 0.1) is 0 Å². The second-order valence-electron chi connectivity index (χ2n) is 6.16. The van der Waals surface area contributed by atoms with Crippen molar-refractivity contribution in [3.8, 4) is 0 Å². The molecule has 0 aromatic heterocycles. The Balaban J connectivity index is 2.92. The lowest BCUT2D eigenvalue weighted by Crippen LogP contribution is -2.13. The zero-order valence-corrected chi connectivity index (χ0v) is 15.5. The SMILES string of the molecule is CCCCCCCCCCCCCOCCOCCOCCN. The topological polar surface area (TPSA) is 53.7 Å². The van der Waals surface area contributed by atoms with E-state index in [1.165, 1.54) is 70.6 Å². The van der Waals surface area contributed by atoms with E-state index in [9.17, 15) is 0 Å². The van der Waals surface area contributed by atoms with E-state index in [1.807, 2.05) is 0 Å². The molecule has 0 spiro atoms. The van der Waals surface area contributed by atoms with Gasteiger partial charge in [-0.3, -0.25) is 0 Å². The summed E-state index contributed by atoms with van der Waals surface area (Å²) in [6.07, 6.45) is 15.1. The Labute approximate surface area is 144 Å². The van der Waals surface area contributed by atoms with Gasteiger partial charge in [-0.05, 0) is 6.42 Å². The van der Waals surface area contributed by atoms with Gasteiger partial charge < -0.3 is 19.9 Å². The summed E-state index contributed by atoms with van der Waals surface area (Å²) in [6, 6.07) is 0. The first-order valence-electron chi connectivity index (χ1n) is 9.85. The zero-order chi connectivity index (χ0) is 16.8. The lowest BCUT2D eigenvalue weighted by molar-refractivity contribution is 0.0153. The van der Waals surface area contributed by atoms with Crippen molar-refractivity contribution in [3.05, 3.63) is 0 Å². The molecule has 4 heteroatoms. The summed E-state index contributed by atoms with van der Waals surface area (Å²) >= 11 is 0. The number of unbranched alkanes of at least 4 members (excludes halogenated alkanes) is 10. The van der Waals surface area contributed by atoms with Gasteiger partial charge in [0.1, 0.15) is 0 Å². The first-order chi connectivity index (χ1) is 11.4.